The summed E-state index contributed by atoms with van der Waals surface area (Å²) in [6, 6.07) is 15.0. The van der Waals surface area contributed by atoms with Crippen LogP contribution in [-0.2, 0) is 0 Å². The van der Waals surface area contributed by atoms with Crippen LogP contribution in [0.1, 0.15) is 0 Å². The van der Waals surface area contributed by atoms with E-state index in [-0.39, 0.29) is 0 Å². The fraction of sp³-hybridized carbons (Fsp3) is 0. The topological polar surface area (TPSA) is 35.1 Å². The first-order valence-electron chi connectivity index (χ1n) is 5.89. The van der Waals surface area contributed by atoms with Crippen LogP contribution in [0.15, 0.2) is 68.4 Å². The molecule has 2 aromatic carbocycles. The van der Waals surface area contributed by atoms with Crippen molar-refractivity contribution in [1.29, 1.82) is 0 Å². The van der Waals surface area contributed by atoms with Crippen molar-refractivity contribution in [1.82, 2.24) is 4.57 Å². The predicted octanol–water partition coefficient (Wildman–Crippen LogP) is 4.00. The van der Waals surface area contributed by atoms with Crippen molar-refractivity contribution >= 4 is 15.9 Å². The minimum atomic E-state index is -0.568. The lowest BCUT2D eigenvalue weighted by molar-refractivity contribution is 0.516. The van der Waals surface area contributed by atoms with Gasteiger partial charge in [0.1, 0.15) is 10.4 Å². The Labute approximate surface area is 122 Å². The average molecular weight is 334 g/mol. The summed E-state index contributed by atoms with van der Waals surface area (Å²) in [7, 11) is 0. The number of nitrogens with zero attached hydrogens (tertiary/aromatic N) is 1. The summed E-state index contributed by atoms with van der Waals surface area (Å²) in [5, 5.41) is 0. The second kappa shape index (κ2) is 5.09. The van der Waals surface area contributed by atoms with E-state index in [9.17, 15) is 9.18 Å². The first kappa shape index (κ1) is 12.9. The molecule has 0 unspecified atom stereocenters. The van der Waals surface area contributed by atoms with E-state index in [1.165, 1.54) is 16.7 Å². The Kier molecular flexibility index (Phi) is 3.28. The first-order chi connectivity index (χ1) is 9.66. The van der Waals surface area contributed by atoms with Crippen molar-refractivity contribution < 1.29 is 8.81 Å². The number of halogens is 2. The summed E-state index contributed by atoms with van der Waals surface area (Å²) < 4.78 is 20.3. The molecule has 0 amide bonds. The molecule has 0 radical (unpaired) electrons. The average Bonchev–Trinajstić information content (AvgIpc) is 2.75. The summed E-state index contributed by atoms with van der Waals surface area (Å²) in [6.45, 7) is 0. The van der Waals surface area contributed by atoms with Gasteiger partial charge in [-0.05, 0) is 34.1 Å². The van der Waals surface area contributed by atoms with Crippen LogP contribution in [0.2, 0.25) is 0 Å². The molecule has 0 saturated carbocycles. The van der Waals surface area contributed by atoms with Crippen LogP contribution in [0.5, 0.6) is 0 Å². The Morgan fingerprint density at radius 1 is 1.05 bits per heavy atom. The van der Waals surface area contributed by atoms with E-state index in [1.54, 1.807) is 12.1 Å². The van der Waals surface area contributed by atoms with Crippen molar-refractivity contribution in [2.45, 2.75) is 0 Å². The Balaban J connectivity index is 2.20. The smallest absolute Gasteiger partial charge is 0.406 e. The van der Waals surface area contributed by atoms with Gasteiger partial charge in [0.15, 0.2) is 5.76 Å². The highest BCUT2D eigenvalue weighted by Gasteiger charge is 2.17. The van der Waals surface area contributed by atoms with Gasteiger partial charge >= 0.3 is 5.76 Å². The molecule has 0 aliphatic carbocycles. The number of rotatable bonds is 2. The maximum Gasteiger partial charge on any atom is 0.425 e. The van der Waals surface area contributed by atoms with Crippen LogP contribution in [0.3, 0.4) is 0 Å². The van der Waals surface area contributed by atoms with Crippen molar-refractivity contribution in [2.75, 3.05) is 0 Å². The predicted molar refractivity (Wildman–Crippen MR) is 77.4 cm³/mol. The highest BCUT2D eigenvalue weighted by molar-refractivity contribution is 9.10. The summed E-state index contributed by atoms with van der Waals surface area (Å²) in [4.78, 5) is 12.0. The van der Waals surface area contributed by atoms with E-state index in [0.717, 1.165) is 5.56 Å². The Morgan fingerprint density at radius 3 is 2.50 bits per heavy atom. The minimum absolute atomic E-state index is 0.410. The zero-order valence-corrected chi connectivity index (χ0v) is 11.8. The highest BCUT2D eigenvalue weighted by atomic mass is 79.9. The Bertz CT molecular complexity index is 808. The molecule has 20 heavy (non-hydrogen) atoms. The zero-order valence-electron chi connectivity index (χ0n) is 10.2. The third-order valence-electron chi connectivity index (χ3n) is 2.86. The molecule has 100 valence electrons. The third kappa shape index (κ3) is 2.20. The van der Waals surface area contributed by atoms with Crippen LogP contribution in [0.25, 0.3) is 17.0 Å². The van der Waals surface area contributed by atoms with E-state index < -0.39 is 11.6 Å². The van der Waals surface area contributed by atoms with Crippen molar-refractivity contribution in [3.63, 3.8) is 0 Å². The van der Waals surface area contributed by atoms with Gasteiger partial charge in [-0.2, -0.15) is 0 Å². The second-order valence-corrected chi connectivity index (χ2v) is 4.92. The number of benzene rings is 2. The summed E-state index contributed by atoms with van der Waals surface area (Å²) in [5.41, 5.74) is 1.18. The standard InChI is InChI=1S/C15H9BrFNO2/c16-14-13(10-5-2-1-3-6-10)20-15(19)18(14)12-8-4-7-11(17)9-12/h1-9H. The molecule has 0 aliphatic heterocycles. The molecular formula is C15H9BrFNO2. The first-order valence-corrected chi connectivity index (χ1v) is 6.69. The van der Waals surface area contributed by atoms with E-state index in [4.69, 9.17) is 4.42 Å². The summed E-state index contributed by atoms with van der Waals surface area (Å²) in [6.07, 6.45) is 0. The van der Waals surface area contributed by atoms with Gasteiger partial charge in [-0.15, -0.1) is 0 Å². The molecule has 5 heteroatoms. The largest absolute Gasteiger partial charge is 0.425 e. The molecule has 0 spiro atoms. The SMILES string of the molecule is O=c1oc(-c2ccccc2)c(Br)n1-c1cccc(F)c1. The van der Waals surface area contributed by atoms with E-state index in [0.29, 0.717) is 16.1 Å². The van der Waals surface area contributed by atoms with Crippen LogP contribution in [0.4, 0.5) is 4.39 Å². The monoisotopic (exact) mass is 333 g/mol. The maximum absolute atomic E-state index is 13.3. The lowest BCUT2D eigenvalue weighted by Crippen LogP contribution is -2.12. The normalized spacial score (nSPS) is 10.7. The third-order valence-corrected chi connectivity index (χ3v) is 3.57. The maximum atomic E-state index is 13.3. The van der Waals surface area contributed by atoms with Gasteiger partial charge < -0.3 is 4.42 Å². The molecule has 3 rings (SSSR count). The Hall–Kier alpha value is -2.14. The van der Waals surface area contributed by atoms with Crippen LogP contribution < -0.4 is 5.76 Å². The Morgan fingerprint density at radius 2 is 1.80 bits per heavy atom. The molecule has 0 N–H and O–H groups in total. The van der Waals surface area contributed by atoms with Crippen LogP contribution in [-0.4, -0.2) is 4.57 Å². The van der Waals surface area contributed by atoms with Gasteiger partial charge in [-0.1, -0.05) is 36.4 Å². The van der Waals surface area contributed by atoms with Gasteiger partial charge in [0, 0.05) is 5.56 Å². The summed E-state index contributed by atoms with van der Waals surface area (Å²) in [5.74, 6) is -0.565. The molecule has 1 heterocycles. The van der Waals surface area contributed by atoms with Gasteiger partial charge in [-0.25, -0.2) is 13.8 Å². The number of hydrogen-bond acceptors (Lipinski definition) is 2. The van der Waals surface area contributed by atoms with Crippen LogP contribution >= 0.6 is 15.9 Å². The number of hydrogen-bond donors (Lipinski definition) is 0. The molecule has 0 saturated heterocycles. The van der Waals surface area contributed by atoms with E-state index >= 15 is 0 Å². The lowest BCUT2D eigenvalue weighted by atomic mass is 10.2. The van der Waals surface area contributed by atoms with Gasteiger partial charge in [-0.3, -0.25) is 0 Å². The minimum Gasteiger partial charge on any atom is -0.406 e. The molecule has 3 nitrogen and oxygen atoms in total. The molecular weight excluding hydrogens is 325 g/mol. The van der Waals surface area contributed by atoms with Crippen molar-refractivity contribution in [2.24, 2.45) is 0 Å². The van der Waals surface area contributed by atoms with E-state index in [2.05, 4.69) is 15.9 Å². The molecule has 0 bridgehead atoms. The fourth-order valence-electron chi connectivity index (χ4n) is 1.96. The van der Waals surface area contributed by atoms with Crippen molar-refractivity contribution in [3.8, 4) is 17.0 Å². The van der Waals surface area contributed by atoms with Gasteiger partial charge in [0.2, 0.25) is 0 Å². The van der Waals surface area contributed by atoms with Gasteiger partial charge in [0.25, 0.3) is 0 Å². The van der Waals surface area contributed by atoms with Crippen LogP contribution in [0, 0.1) is 5.82 Å². The summed E-state index contributed by atoms with van der Waals surface area (Å²) >= 11 is 3.35. The quantitative estimate of drug-likeness (QED) is 0.710. The highest BCUT2D eigenvalue weighted by Crippen LogP contribution is 2.29. The second-order valence-electron chi connectivity index (χ2n) is 4.17. The molecule has 1 aromatic heterocycles. The molecule has 0 atom stereocenters. The fourth-order valence-corrected chi connectivity index (χ4v) is 2.62. The van der Waals surface area contributed by atoms with Crippen molar-refractivity contribution in [3.05, 3.63) is 75.6 Å². The zero-order chi connectivity index (χ0) is 14.1. The molecule has 0 aliphatic rings. The van der Waals surface area contributed by atoms with Gasteiger partial charge in [0.05, 0.1) is 5.69 Å². The lowest BCUT2D eigenvalue weighted by Gasteiger charge is -2.02. The number of oxazole rings is 1. The van der Waals surface area contributed by atoms with E-state index in [1.807, 2.05) is 30.3 Å². The number of aromatic nitrogens is 1. The molecule has 0 fully saturated rings. The molecule has 3 aromatic rings.